The molecule has 108 valence electrons. The molecular formula is C16H23NO2Si. The topological polar surface area (TPSA) is 49.3 Å². The number of rotatable bonds is 3. The molecule has 0 saturated carbocycles. The molecule has 3 nitrogen and oxygen atoms in total. The molecule has 1 aromatic carbocycles. The first-order chi connectivity index (χ1) is 9.07. The van der Waals surface area contributed by atoms with Gasteiger partial charge < -0.3 is 10.4 Å². The van der Waals surface area contributed by atoms with Crippen LogP contribution in [-0.4, -0.2) is 24.8 Å². The van der Waals surface area contributed by atoms with Gasteiger partial charge in [0.05, 0.1) is 0 Å². The van der Waals surface area contributed by atoms with Crippen LogP contribution in [0.1, 0.15) is 25.0 Å². The minimum Gasteiger partial charge on any atom is -0.465 e. The first-order valence-electron chi connectivity index (χ1n) is 6.71. The lowest BCUT2D eigenvalue weighted by Gasteiger charge is -2.24. The molecule has 20 heavy (non-hydrogen) atoms. The van der Waals surface area contributed by atoms with Crippen molar-refractivity contribution in [2.45, 2.75) is 45.4 Å². The summed E-state index contributed by atoms with van der Waals surface area (Å²) in [5.41, 5.74) is 4.97. The van der Waals surface area contributed by atoms with Crippen LogP contribution in [0.2, 0.25) is 19.6 Å². The number of hydrogen-bond donors (Lipinski definition) is 2. The Morgan fingerprint density at radius 2 is 1.80 bits per heavy atom. The van der Waals surface area contributed by atoms with E-state index in [1.165, 1.54) is 0 Å². The van der Waals surface area contributed by atoms with Gasteiger partial charge in [-0.3, -0.25) is 0 Å². The first-order valence-corrected chi connectivity index (χ1v) is 10.2. The van der Waals surface area contributed by atoms with Crippen LogP contribution in [0.4, 0.5) is 4.79 Å². The second-order valence-electron chi connectivity index (χ2n) is 6.69. The van der Waals surface area contributed by atoms with Gasteiger partial charge in [0.1, 0.15) is 8.07 Å². The van der Waals surface area contributed by atoms with E-state index in [1.807, 2.05) is 38.1 Å². The summed E-state index contributed by atoms with van der Waals surface area (Å²) in [5.74, 6) is 3.21. The van der Waals surface area contributed by atoms with Crippen LogP contribution >= 0.6 is 0 Å². The Bertz CT molecular complexity index is 530. The highest BCUT2D eigenvalue weighted by atomic mass is 28.3. The fourth-order valence-corrected chi connectivity index (χ4v) is 2.33. The predicted octanol–water partition coefficient (Wildman–Crippen LogP) is 3.50. The number of carboxylic acid groups (broad SMARTS) is 1. The molecule has 0 radical (unpaired) electrons. The van der Waals surface area contributed by atoms with Crippen molar-refractivity contribution >= 4 is 14.2 Å². The molecule has 1 rings (SSSR count). The molecule has 1 amide bonds. The third kappa shape index (κ3) is 6.44. The van der Waals surface area contributed by atoms with E-state index >= 15 is 0 Å². The van der Waals surface area contributed by atoms with Crippen molar-refractivity contribution < 1.29 is 9.90 Å². The van der Waals surface area contributed by atoms with E-state index in [9.17, 15) is 4.79 Å². The lowest BCUT2D eigenvalue weighted by atomic mass is 9.94. The quantitative estimate of drug-likeness (QED) is 0.661. The van der Waals surface area contributed by atoms with Gasteiger partial charge in [0.2, 0.25) is 0 Å². The molecule has 0 aromatic heterocycles. The van der Waals surface area contributed by atoms with Gasteiger partial charge in [-0.25, -0.2) is 4.79 Å². The van der Waals surface area contributed by atoms with Crippen molar-refractivity contribution in [1.82, 2.24) is 5.32 Å². The van der Waals surface area contributed by atoms with Gasteiger partial charge in [0.25, 0.3) is 0 Å². The summed E-state index contributed by atoms with van der Waals surface area (Å²) in [6.07, 6.45) is -0.339. The summed E-state index contributed by atoms with van der Waals surface area (Å²) in [5, 5.41) is 11.3. The lowest BCUT2D eigenvalue weighted by Crippen LogP contribution is -2.44. The summed E-state index contributed by atoms with van der Waals surface area (Å²) < 4.78 is 0. The molecule has 0 aliphatic carbocycles. The van der Waals surface area contributed by atoms with E-state index in [4.69, 9.17) is 5.11 Å². The van der Waals surface area contributed by atoms with Crippen LogP contribution in [0.5, 0.6) is 0 Å². The number of hydrogen-bond acceptors (Lipinski definition) is 1. The predicted molar refractivity (Wildman–Crippen MR) is 85.6 cm³/mol. The largest absolute Gasteiger partial charge is 0.465 e. The first kappa shape index (κ1) is 16.3. The Morgan fingerprint density at radius 1 is 1.25 bits per heavy atom. The lowest BCUT2D eigenvalue weighted by molar-refractivity contribution is 0.182. The number of amides is 1. The van der Waals surface area contributed by atoms with Crippen molar-refractivity contribution in [1.29, 1.82) is 0 Å². The standard InChI is InChI=1S/C16H23NO2Si/c1-16(2,17-15(18)19)12-14-8-6-13(7-9-14)10-11-20(3,4)5/h6-9,17H,12H2,1-5H3,(H,18,19). The van der Waals surface area contributed by atoms with Crippen LogP contribution in [0, 0.1) is 11.5 Å². The SMILES string of the molecule is CC(C)(Cc1ccc(C#C[Si](C)(C)C)cc1)NC(=O)O. The maximum Gasteiger partial charge on any atom is 0.405 e. The highest BCUT2D eigenvalue weighted by Crippen LogP contribution is 2.13. The molecular weight excluding hydrogens is 266 g/mol. The Balaban J connectivity index is 2.76. The van der Waals surface area contributed by atoms with Crippen molar-refractivity contribution in [3.63, 3.8) is 0 Å². The van der Waals surface area contributed by atoms with E-state index in [2.05, 4.69) is 36.4 Å². The Kier molecular flexibility index (Phi) is 5.02. The average Bonchev–Trinajstić information content (AvgIpc) is 2.24. The molecule has 0 unspecified atom stereocenters. The maximum atomic E-state index is 10.7. The van der Waals surface area contributed by atoms with Crippen LogP contribution in [-0.2, 0) is 6.42 Å². The van der Waals surface area contributed by atoms with E-state index in [1.54, 1.807) is 0 Å². The summed E-state index contributed by atoms with van der Waals surface area (Å²) in [7, 11) is -1.35. The second kappa shape index (κ2) is 6.15. The maximum absolute atomic E-state index is 10.7. The van der Waals surface area contributed by atoms with Gasteiger partial charge in [-0.2, -0.15) is 0 Å². The minimum atomic E-state index is -1.35. The van der Waals surface area contributed by atoms with E-state index < -0.39 is 19.7 Å². The zero-order chi connectivity index (χ0) is 15.4. The van der Waals surface area contributed by atoms with Crippen LogP contribution in [0.3, 0.4) is 0 Å². The zero-order valence-electron chi connectivity index (χ0n) is 12.9. The highest BCUT2D eigenvalue weighted by molar-refractivity contribution is 6.83. The average molecular weight is 289 g/mol. The summed E-state index contributed by atoms with van der Waals surface area (Å²) in [6, 6.07) is 8.03. The highest BCUT2D eigenvalue weighted by Gasteiger charge is 2.20. The smallest absolute Gasteiger partial charge is 0.405 e. The van der Waals surface area contributed by atoms with Crippen LogP contribution in [0.25, 0.3) is 0 Å². The Labute approximate surface area is 122 Å². The van der Waals surface area contributed by atoms with Gasteiger partial charge in [0, 0.05) is 11.1 Å². The molecule has 0 heterocycles. The van der Waals surface area contributed by atoms with Gasteiger partial charge in [-0.05, 0) is 38.0 Å². The van der Waals surface area contributed by atoms with Crippen molar-refractivity contribution in [2.24, 2.45) is 0 Å². The monoisotopic (exact) mass is 289 g/mol. The fourth-order valence-electron chi connectivity index (χ4n) is 1.81. The molecule has 0 atom stereocenters. The van der Waals surface area contributed by atoms with Crippen molar-refractivity contribution in [3.8, 4) is 11.5 Å². The molecule has 0 bridgehead atoms. The normalized spacial score (nSPS) is 11.4. The summed E-state index contributed by atoms with van der Waals surface area (Å²) in [4.78, 5) is 10.7. The Morgan fingerprint density at radius 3 is 2.25 bits per heavy atom. The van der Waals surface area contributed by atoms with Gasteiger partial charge in [-0.15, -0.1) is 5.54 Å². The minimum absolute atomic E-state index is 0.475. The number of carbonyl (C=O) groups is 1. The summed E-state index contributed by atoms with van der Waals surface area (Å²) >= 11 is 0. The zero-order valence-corrected chi connectivity index (χ0v) is 13.9. The molecule has 1 aromatic rings. The molecule has 0 aliphatic rings. The van der Waals surface area contributed by atoms with Crippen LogP contribution in [0.15, 0.2) is 24.3 Å². The fraction of sp³-hybridized carbons (Fsp3) is 0.438. The Hall–Kier alpha value is -1.73. The van der Waals surface area contributed by atoms with E-state index in [0.29, 0.717) is 6.42 Å². The number of benzene rings is 1. The third-order valence-corrected chi connectivity index (χ3v) is 3.50. The van der Waals surface area contributed by atoms with Crippen molar-refractivity contribution in [3.05, 3.63) is 35.4 Å². The summed E-state index contributed by atoms with van der Waals surface area (Å²) in [6.45, 7) is 10.4. The van der Waals surface area contributed by atoms with Crippen LogP contribution < -0.4 is 5.32 Å². The molecule has 0 fully saturated rings. The molecule has 0 aliphatic heterocycles. The third-order valence-electron chi connectivity index (χ3n) is 2.63. The molecule has 4 heteroatoms. The van der Waals surface area contributed by atoms with Gasteiger partial charge in [0.15, 0.2) is 0 Å². The van der Waals surface area contributed by atoms with Gasteiger partial charge >= 0.3 is 6.09 Å². The van der Waals surface area contributed by atoms with E-state index in [0.717, 1.165) is 11.1 Å². The van der Waals surface area contributed by atoms with E-state index in [-0.39, 0.29) is 0 Å². The number of nitrogens with one attached hydrogen (secondary N) is 1. The van der Waals surface area contributed by atoms with Crippen molar-refractivity contribution in [2.75, 3.05) is 0 Å². The molecule has 2 N–H and O–H groups in total. The molecule has 0 saturated heterocycles. The second-order valence-corrected chi connectivity index (χ2v) is 11.4. The molecule has 0 spiro atoms. The van der Waals surface area contributed by atoms with Gasteiger partial charge in [-0.1, -0.05) is 37.7 Å².